The molecule has 0 radical (unpaired) electrons. The molecule has 208 valence electrons. The molecule has 3 aromatic rings. The highest BCUT2D eigenvalue weighted by molar-refractivity contribution is 7.92. The fourth-order valence-corrected chi connectivity index (χ4v) is 5.47. The van der Waals surface area contributed by atoms with Crippen molar-refractivity contribution in [2.24, 2.45) is 0 Å². The van der Waals surface area contributed by atoms with Crippen molar-refractivity contribution >= 4 is 50.7 Å². The Morgan fingerprint density at radius 1 is 0.974 bits per heavy atom. The Bertz CT molecular complexity index is 1420. The lowest BCUT2D eigenvalue weighted by molar-refractivity contribution is -0.139. The highest BCUT2D eigenvalue weighted by Gasteiger charge is 2.32. The van der Waals surface area contributed by atoms with Gasteiger partial charge in [0.2, 0.25) is 11.8 Å². The first-order valence-corrected chi connectivity index (χ1v) is 14.5. The van der Waals surface area contributed by atoms with E-state index in [0.717, 1.165) is 9.87 Å². The normalized spacial score (nSPS) is 12.1. The standard InChI is InChI=1S/C28H30Cl2FN3O4S/c1-4-15-32-28(36)20(3)33(17-21-7-9-22(31)10-8-21)27(35)18-34(23-11-14-25(29)26(30)16-23)39(37,38)24-12-5-19(2)6-13-24/h5-14,16,20H,4,15,17-18H2,1-3H3,(H,32,36). The summed E-state index contributed by atoms with van der Waals surface area (Å²) in [7, 11) is -4.23. The molecule has 7 nitrogen and oxygen atoms in total. The Balaban J connectivity index is 2.04. The lowest BCUT2D eigenvalue weighted by Gasteiger charge is -2.32. The third kappa shape index (κ3) is 7.71. The summed E-state index contributed by atoms with van der Waals surface area (Å²) < 4.78 is 42.0. The van der Waals surface area contributed by atoms with E-state index in [2.05, 4.69) is 5.32 Å². The first-order valence-electron chi connectivity index (χ1n) is 12.3. The maximum absolute atomic E-state index is 13.8. The summed E-state index contributed by atoms with van der Waals surface area (Å²) in [5.74, 6) is -1.48. The lowest BCUT2D eigenvalue weighted by atomic mass is 10.1. The van der Waals surface area contributed by atoms with Gasteiger partial charge in [0.1, 0.15) is 18.4 Å². The number of hydrogen-bond acceptors (Lipinski definition) is 4. The predicted octanol–water partition coefficient (Wildman–Crippen LogP) is 5.58. The van der Waals surface area contributed by atoms with Crippen LogP contribution in [0.2, 0.25) is 10.0 Å². The first kappa shape index (κ1) is 30.4. The number of benzene rings is 3. The number of nitrogens with zero attached hydrogens (tertiary/aromatic N) is 2. The molecule has 0 aromatic heterocycles. The van der Waals surface area contributed by atoms with E-state index in [0.29, 0.717) is 18.5 Å². The minimum atomic E-state index is -4.23. The van der Waals surface area contributed by atoms with Crippen molar-refractivity contribution in [2.45, 2.75) is 44.7 Å². The average Bonchev–Trinajstić information content (AvgIpc) is 2.91. The van der Waals surface area contributed by atoms with Crippen molar-refractivity contribution in [3.8, 4) is 0 Å². The second kappa shape index (κ2) is 13.3. The Morgan fingerprint density at radius 3 is 2.21 bits per heavy atom. The Labute approximate surface area is 238 Å². The molecule has 0 aliphatic heterocycles. The van der Waals surface area contributed by atoms with Crippen molar-refractivity contribution in [3.05, 3.63) is 93.7 Å². The van der Waals surface area contributed by atoms with Gasteiger partial charge in [0, 0.05) is 13.1 Å². The van der Waals surface area contributed by atoms with Gasteiger partial charge in [-0.25, -0.2) is 12.8 Å². The molecule has 3 rings (SSSR count). The molecule has 39 heavy (non-hydrogen) atoms. The van der Waals surface area contributed by atoms with Crippen LogP contribution < -0.4 is 9.62 Å². The number of nitrogens with one attached hydrogen (secondary N) is 1. The number of carbonyl (C=O) groups excluding carboxylic acids is 2. The van der Waals surface area contributed by atoms with Crippen LogP contribution in [0, 0.1) is 12.7 Å². The lowest BCUT2D eigenvalue weighted by Crippen LogP contribution is -2.51. The Morgan fingerprint density at radius 2 is 1.62 bits per heavy atom. The molecular weight excluding hydrogens is 564 g/mol. The van der Waals surface area contributed by atoms with Gasteiger partial charge >= 0.3 is 0 Å². The molecule has 1 atom stereocenters. The fraction of sp³-hybridized carbons (Fsp3) is 0.286. The number of carbonyl (C=O) groups is 2. The van der Waals surface area contributed by atoms with Crippen molar-refractivity contribution in [1.82, 2.24) is 10.2 Å². The molecule has 0 saturated carbocycles. The first-order chi connectivity index (χ1) is 18.4. The van der Waals surface area contributed by atoms with E-state index in [9.17, 15) is 22.4 Å². The summed E-state index contributed by atoms with van der Waals surface area (Å²) >= 11 is 12.3. The molecule has 0 spiro atoms. The molecule has 0 aliphatic carbocycles. The number of rotatable bonds is 11. The molecule has 0 heterocycles. The average molecular weight is 595 g/mol. The maximum atomic E-state index is 13.8. The zero-order valence-electron chi connectivity index (χ0n) is 21.8. The van der Waals surface area contributed by atoms with Crippen LogP contribution in [0.25, 0.3) is 0 Å². The third-order valence-electron chi connectivity index (χ3n) is 6.06. The summed E-state index contributed by atoms with van der Waals surface area (Å²) in [6.07, 6.45) is 0.699. The van der Waals surface area contributed by atoms with Gasteiger partial charge in [-0.2, -0.15) is 0 Å². The van der Waals surface area contributed by atoms with E-state index in [-0.39, 0.29) is 27.2 Å². The molecule has 0 bridgehead atoms. The van der Waals surface area contributed by atoms with Gasteiger partial charge in [0.15, 0.2) is 0 Å². The molecule has 0 aliphatic rings. The SMILES string of the molecule is CCCNC(=O)C(C)N(Cc1ccc(F)cc1)C(=O)CN(c1ccc(Cl)c(Cl)c1)S(=O)(=O)c1ccc(C)cc1. The zero-order chi connectivity index (χ0) is 28.7. The topological polar surface area (TPSA) is 86.8 Å². The molecule has 0 fully saturated rings. The second-order valence-corrected chi connectivity index (χ2v) is 11.7. The van der Waals surface area contributed by atoms with Crippen LogP contribution in [0.15, 0.2) is 71.6 Å². The molecule has 1 unspecified atom stereocenters. The van der Waals surface area contributed by atoms with Crippen LogP contribution in [-0.4, -0.2) is 44.3 Å². The monoisotopic (exact) mass is 593 g/mol. The summed E-state index contributed by atoms with van der Waals surface area (Å²) in [4.78, 5) is 27.9. The van der Waals surface area contributed by atoms with E-state index in [1.807, 2.05) is 13.8 Å². The quantitative estimate of drug-likeness (QED) is 0.314. The van der Waals surface area contributed by atoms with E-state index < -0.39 is 40.2 Å². The maximum Gasteiger partial charge on any atom is 0.264 e. The third-order valence-corrected chi connectivity index (χ3v) is 8.59. The molecule has 0 saturated heterocycles. The molecular formula is C28H30Cl2FN3O4S. The van der Waals surface area contributed by atoms with Gasteiger partial charge in [0.25, 0.3) is 10.0 Å². The molecule has 2 amide bonds. The van der Waals surface area contributed by atoms with E-state index >= 15 is 0 Å². The predicted molar refractivity (Wildman–Crippen MR) is 152 cm³/mol. The summed E-state index contributed by atoms with van der Waals surface area (Å²) in [6.45, 7) is 5.04. The molecule has 3 aromatic carbocycles. The smallest absolute Gasteiger partial charge is 0.264 e. The van der Waals surface area contributed by atoms with Crippen molar-refractivity contribution < 1.29 is 22.4 Å². The van der Waals surface area contributed by atoms with Crippen LogP contribution in [0.4, 0.5) is 10.1 Å². The summed E-state index contributed by atoms with van der Waals surface area (Å²) in [6, 6.07) is 15.1. The largest absolute Gasteiger partial charge is 0.354 e. The number of anilines is 1. The van der Waals surface area contributed by atoms with Crippen LogP contribution in [0.5, 0.6) is 0 Å². The van der Waals surface area contributed by atoms with Gasteiger partial charge in [-0.3, -0.25) is 13.9 Å². The fourth-order valence-electron chi connectivity index (χ4n) is 3.77. The number of halogens is 3. The minimum absolute atomic E-state index is 0.0224. The van der Waals surface area contributed by atoms with Gasteiger partial charge in [-0.15, -0.1) is 0 Å². The minimum Gasteiger partial charge on any atom is -0.354 e. The van der Waals surface area contributed by atoms with E-state index in [4.69, 9.17) is 23.2 Å². The van der Waals surface area contributed by atoms with E-state index in [1.54, 1.807) is 19.1 Å². The highest BCUT2D eigenvalue weighted by atomic mass is 35.5. The van der Waals surface area contributed by atoms with Gasteiger partial charge in [0.05, 0.1) is 20.6 Å². The number of aryl methyl sites for hydroxylation is 1. The Kier molecular flexibility index (Phi) is 10.4. The number of amides is 2. The van der Waals surface area contributed by atoms with Crippen molar-refractivity contribution in [3.63, 3.8) is 0 Å². The zero-order valence-corrected chi connectivity index (χ0v) is 24.2. The van der Waals surface area contributed by atoms with Crippen LogP contribution in [-0.2, 0) is 26.2 Å². The number of sulfonamides is 1. The van der Waals surface area contributed by atoms with Gasteiger partial charge in [-0.05, 0) is 68.3 Å². The Hall–Kier alpha value is -3.14. The number of hydrogen-bond donors (Lipinski definition) is 1. The molecule has 11 heteroatoms. The summed E-state index contributed by atoms with van der Waals surface area (Å²) in [5.41, 5.74) is 1.56. The van der Waals surface area contributed by atoms with Crippen molar-refractivity contribution in [2.75, 3.05) is 17.4 Å². The highest BCUT2D eigenvalue weighted by Crippen LogP contribution is 2.31. The van der Waals surface area contributed by atoms with Crippen LogP contribution >= 0.6 is 23.2 Å². The molecule has 1 N–H and O–H groups in total. The van der Waals surface area contributed by atoms with Crippen molar-refractivity contribution in [1.29, 1.82) is 0 Å². The van der Waals surface area contributed by atoms with Crippen LogP contribution in [0.1, 0.15) is 31.4 Å². The summed E-state index contributed by atoms with van der Waals surface area (Å²) in [5, 5.41) is 3.10. The van der Waals surface area contributed by atoms with E-state index in [1.165, 1.54) is 59.5 Å². The second-order valence-electron chi connectivity index (χ2n) is 9.04. The van der Waals surface area contributed by atoms with Gasteiger partial charge in [-0.1, -0.05) is 60.0 Å². The van der Waals surface area contributed by atoms with Gasteiger partial charge < -0.3 is 10.2 Å². The van der Waals surface area contributed by atoms with Crippen LogP contribution in [0.3, 0.4) is 0 Å².